The standard InChI is InChI=1S/C29H31F3N2OS2/c30-29(31,32)20-17-24(36-21-11-3-1-4-12-21)26(25(18-20)37-22-13-5-2-6-14-22)28(35)34-23-15-7-9-19-10-8-16-33-27(19)23/h7-10,15-18,21-22H,1-6,11-14H2,(H,34,35). The molecule has 2 fully saturated rings. The third-order valence-corrected chi connectivity index (χ3v) is 9.95. The van der Waals surface area contributed by atoms with Crippen LogP contribution in [0.1, 0.15) is 80.1 Å². The van der Waals surface area contributed by atoms with Crippen LogP contribution in [0.15, 0.2) is 58.5 Å². The molecule has 0 atom stereocenters. The van der Waals surface area contributed by atoms with Gasteiger partial charge in [0.05, 0.1) is 22.3 Å². The van der Waals surface area contributed by atoms with Crippen LogP contribution in [0, 0.1) is 0 Å². The number of pyridine rings is 1. The quantitative estimate of drug-likeness (QED) is 0.336. The first-order chi connectivity index (χ1) is 17.9. The minimum absolute atomic E-state index is 0.218. The molecule has 1 heterocycles. The van der Waals surface area contributed by atoms with E-state index in [1.54, 1.807) is 12.3 Å². The van der Waals surface area contributed by atoms with Crippen LogP contribution in [0.25, 0.3) is 10.9 Å². The Labute approximate surface area is 224 Å². The monoisotopic (exact) mass is 544 g/mol. The Kier molecular flexibility index (Phi) is 8.34. The van der Waals surface area contributed by atoms with Gasteiger partial charge < -0.3 is 5.32 Å². The Balaban J connectivity index is 1.57. The van der Waals surface area contributed by atoms with Gasteiger partial charge in [0.15, 0.2) is 0 Å². The van der Waals surface area contributed by atoms with Crippen molar-refractivity contribution >= 4 is 46.0 Å². The molecule has 37 heavy (non-hydrogen) atoms. The first-order valence-electron chi connectivity index (χ1n) is 13.1. The van der Waals surface area contributed by atoms with Crippen molar-refractivity contribution in [3.63, 3.8) is 0 Å². The number of halogens is 3. The number of thioether (sulfide) groups is 2. The van der Waals surface area contributed by atoms with Gasteiger partial charge in [-0.1, -0.05) is 56.7 Å². The Hall–Kier alpha value is -2.19. The van der Waals surface area contributed by atoms with E-state index in [1.807, 2.05) is 24.3 Å². The zero-order valence-electron chi connectivity index (χ0n) is 20.7. The molecule has 2 saturated carbocycles. The van der Waals surface area contributed by atoms with Gasteiger partial charge in [-0.15, -0.1) is 23.5 Å². The predicted molar refractivity (Wildman–Crippen MR) is 147 cm³/mol. The number of aromatic nitrogens is 1. The van der Waals surface area contributed by atoms with Crippen molar-refractivity contribution < 1.29 is 18.0 Å². The summed E-state index contributed by atoms with van der Waals surface area (Å²) in [5.41, 5.74) is 0.915. The molecule has 8 heteroatoms. The molecule has 0 unspecified atom stereocenters. The molecular weight excluding hydrogens is 513 g/mol. The van der Waals surface area contributed by atoms with Gasteiger partial charge in [0.2, 0.25) is 0 Å². The van der Waals surface area contributed by atoms with Crippen LogP contribution in [-0.4, -0.2) is 21.4 Å². The summed E-state index contributed by atoms with van der Waals surface area (Å²) >= 11 is 2.90. The number of para-hydroxylation sites is 1. The van der Waals surface area contributed by atoms with Gasteiger partial charge in [0.25, 0.3) is 5.91 Å². The number of rotatable bonds is 6. The molecule has 0 radical (unpaired) electrons. The average molecular weight is 545 g/mol. The molecule has 1 amide bonds. The molecular formula is C29H31F3N2OS2. The molecule has 0 spiro atoms. The van der Waals surface area contributed by atoms with E-state index in [9.17, 15) is 18.0 Å². The number of nitrogens with zero attached hydrogens (tertiary/aromatic N) is 1. The van der Waals surface area contributed by atoms with E-state index in [2.05, 4.69) is 10.3 Å². The lowest BCUT2D eigenvalue weighted by Crippen LogP contribution is -2.19. The zero-order valence-corrected chi connectivity index (χ0v) is 22.3. The fourth-order valence-electron chi connectivity index (χ4n) is 5.28. The zero-order chi connectivity index (χ0) is 25.8. The number of amides is 1. The molecule has 3 aromatic rings. The van der Waals surface area contributed by atoms with Crippen LogP contribution >= 0.6 is 23.5 Å². The van der Waals surface area contributed by atoms with Gasteiger partial charge in [-0.25, -0.2) is 0 Å². The Morgan fingerprint density at radius 1 is 0.838 bits per heavy atom. The number of carbonyl (C=O) groups is 1. The van der Waals surface area contributed by atoms with Crippen molar-refractivity contribution in [1.82, 2.24) is 4.98 Å². The number of hydrogen-bond donors (Lipinski definition) is 1. The second-order valence-electron chi connectivity index (χ2n) is 9.94. The summed E-state index contributed by atoms with van der Waals surface area (Å²) in [7, 11) is 0. The van der Waals surface area contributed by atoms with Crippen molar-refractivity contribution in [2.75, 3.05) is 5.32 Å². The lowest BCUT2D eigenvalue weighted by atomic mass is 10.0. The maximum absolute atomic E-state index is 14.0. The molecule has 1 aromatic heterocycles. The number of fused-ring (bicyclic) bond motifs is 1. The predicted octanol–water partition coefficient (Wildman–Crippen LogP) is 9.36. The van der Waals surface area contributed by atoms with Crippen LogP contribution in [0.5, 0.6) is 0 Å². The summed E-state index contributed by atoms with van der Waals surface area (Å²) in [6.07, 6.45) is 7.64. The van der Waals surface area contributed by atoms with E-state index in [1.165, 1.54) is 35.7 Å². The minimum atomic E-state index is -4.47. The maximum Gasteiger partial charge on any atom is 0.416 e. The van der Waals surface area contributed by atoms with Gasteiger partial charge in [-0.05, 0) is 49.9 Å². The summed E-state index contributed by atoms with van der Waals surface area (Å²) < 4.78 is 42.1. The fraction of sp³-hybridized carbons (Fsp3) is 0.448. The van der Waals surface area contributed by atoms with Gasteiger partial charge >= 0.3 is 6.18 Å². The Morgan fingerprint density at radius 2 is 1.41 bits per heavy atom. The van der Waals surface area contributed by atoms with Gasteiger partial charge in [-0.2, -0.15) is 13.2 Å². The van der Waals surface area contributed by atoms with Crippen molar-refractivity contribution in [2.45, 2.75) is 90.7 Å². The first kappa shape index (κ1) is 26.4. The summed E-state index contributed by atoms with van der Waals surface area (Å²) in [6.45, 7) is 0. The number of benzene rings is 2. The van der Waals surface area contributed by atoms with Gasteiger partial charge in [0, 0.05) is 31.9 Å². The largest absolute Gasteiger partial charge is 0.416 e. The summed E-state index contributed by atoms with van der Waals surface area (Å²) in [4.78, 5) is 19.2. The Morgan fingerprint density at radius 3 is 1.97 bits per heavy atom. The number of nitrogens with one attached hydrogen (secondary N) is 1. The minimum Gasteiger partial charge on any atom is -0.320 e. The van der Waals surface area contributed by atoms with Gasteiger partial charge in [0.1, 0.15) is 0 Å². The summed E-state index contributed by atoms with van der Waals surface area (Å²) in [5.74, 6) is -0.372. The highest BCUT2D eigenvalue weighted by atomic mass is 32.2. The molecule has 5 rings (SSSR count). The third kappa shape index (κ3) is 6.45. The van der Waals surface area contributed by atoms with E-state index in [-0.39, 0.29) is 16.4 Å². The fourth-order valence-corrected chi connectivity index (χ4v) is 8.23. The molecule has 2 aromatic carbocycles. The van der Waals surface area contributed by atoms with E-state index in [4.69, 9.17) is 0 Å². The lowest BCUT2D eigenvalue weighted by molar-refractivity contribution is -0.137. The van der Waals surface area contributed by atoms with Crippen LogP contribution in [0.4, 0.5) is 18.9 Å². The van der Waals surface area contributed by atoms with Crippen molar-refractivity contribution in [1.29, 1.82) is 0 Å². The molecule has 2 aliphatic carbocycles. The number of carbonyl (C=O) groups excluding carboxylic acids is 1. The molecule has 0 saturated heterocycles. The van der Waals surface area contributed by atoms with Crippen LogP contribution in [0.2, 0.25) is 0 Å². The number of hydrogen-bond acceptors (Lipinski definition) is 4. The normalized spacial score (nSPS) is 17.7. The second kappa shape index (κ2) is 11.7. The van der Waals surface area contributed by atoms with Crippen LogP contribution in [0.3, 0.4) is 0 Å². The highest BCUT2D eigenvalue weighted by molar-refractivity contribution is 8.00. The van der Waals surface area contributed by atoms with Crippen molar-refractivity contribution in [3.05, 3.63) is 59.8 Å². The van der Waals surface area contributed by atoms with E-state index in [0.29, 0.717) is 26.6 Å². The Bertz CT molecular complexity index is 1210. The molecule has 0 aliphatic heterocycles. The molecule has 3 nitrogen and oxygen atoms in total. The average Bonchev–Trinajstić information content (AvgIpc) is 2.89. The van der Waals surface area contributed by atoms with E-state index >= 15 is 0 Å². The highest BCUT2D eigenvalue weighted by Crippen LogP contribution is 2.45. The van der Waals surface area contributed by atoms with Crippen molar-refractivity contribution in [2.24, 2.45) is 0 Å². The number of anilines is 1. The topological polar surface area (TPSA) is 42.0 Å². The second-order valence-corrected chi connectivity index (χ2v) is 12.6. The molecule has 196 valence electrons. The molecule has 1 N–H and O–H groups in total. The summed E-state index contributed by atoms with van der Waals surface area (Å²) in [5, 5.41) is 4.33. The van der Waals surface area contributed by atoms with Gasteiger partial charge in [-0.3, -0.25) is 9.78 Å². The molecule has 0 bridgehead atoms. The van der Waals surface area contributed by atoms with Crippen LogP contribution in [-0.2, 0) is 6.18 Å². The van der Waals surface area contributed by atoms with E-state index in [0.717, 1.165) is 69.6 Å². The van der Waals surface area contributed by atoms with Crippen molar-refractivity contribution in [3.8, 4) is 0 Å². The summed E-state index contributed by atoms with van der Waals surface area (Å²) in [6, 6.07) is 11.7. The SMILES string of the molecule is O=C(Nc1cccc2cccnc12)c1c(SC2CCCCC2)cc(C(F)(F)F)cc1SC1CCCCC1. The molecule has 2 aliphatic rings. The number of alkyl halides is 3. The smallest absolute Gasteiger partial charge is 0.320 e. The third-order valence-electron chi connectivity index (χ3n) is 7.19. The van der Waals surface area contributed by atoms with E-state index < -0.39 is 11.7 Å². The highest BCUT2D eigenvalue weighted by Gasteiger charge is 2.35. The maximum atomic E-state index is 14.0. The lowest BCUT2D eigenvalue weighted by Gasteiger charge is -2.26. The first-order valence-corrected chi connectivity index (χ1v) is 14.9. The van der Waals surface area contributed by atoms with Crippen LogP contribution < -0.4 is 5.32 Å².